The molecule has 1 unspecified atom stereocenters. The van der Waals surface area contributed by atoms with Gasteiger partial charge in [0.25, 0.3) is 0 Å². The summed E-state index contributed by atoms with van der Waals surface area (Å²) in [6, 6.07) is 3.98. The Morgan fingerprint density at radius 2 is 2.50 bits per heavy atom. The van der Waals surface area contributed by atoms with E-state index in [4.69, 9.17) is 4.74 Å². The molecule has 1 aliphatic rings. The fourth-order valence-corrected chi connectivity index (χ4v) is 2.56. The minimum absolute atomic E-state index is 0.405. The number of pyridine rings is 1. The molecule has 0 saturated carbocycles. The molecular weight excluding hydrogens is 196 g/mol. The first-order valence-corrected chi connectivity index (χ1v) is 5.80. The van der Waals surface area contributed by atoms with Gasteiger partial charge in [-0.05, 0) is 30.3 Å². The molecule has 0 aliphatic carbocycles. The van der Waals surface area contributed by atoms with Crippen molar-refractivity contribution in [3.63, 3.8) is 0 Å². The van der Waals surface area contributed by atoms with Crippen molar-refractivity contribution in [2.24, 2.45) is 0 Å². The molecule has 1 fully saturated rings. The Labute approximate surface area is 88.3 Å². The highest BCUT2D eigenvalue weighted by atomic mass is 32.2. The average molecular weight is 210 g/mol. The minimum atomic E-state index is 0.405. The normalized spacial score (nSPS) is 21.9. The molecule has 2 rings (SSSR count). The third-order valence-electron chi connectivity index (χ3n) is 2.21. The van der Waals surface area contributed by atoms with Crippen LogP contribution in [0.5, 0.6) is 5.88 Å². The standard InChI is InChI=1S/C10H14N2OS/c1-13-9-4-3-8(7-12-9)10-11-5-2-6-14-10/h3-4,7,10-11H,2,5-6H2,1H3. The third kappa shape index (κ3) is 2.19. The highest BCUT2D eigenvalue weighted by Crippen LogP contribution is 2.29. The van der Waals surface area contributed by atoms with Crippen LogP contribution in [0, 0.1) is 0 Å². The van der Waals surface area contributed by atoms with Crippen molar-refractivity contribution in [3.8, 4) is 5.88 Å². The molecule has 2 heterocycles. The number of thioether (sulfide) groups is 1. The van der Waals surface area contributed by atoms with Gasteiger partial charge in [-0.15, -0.1) is 11.8 Å². The Morgan fingerprint density at radius 3 is 3.07 bits per heavy atom. The monoisotopic (exact) mass is 210 g/mol. The molecule has 0 radical (unpaired) electrons. The Morgan fingerprint density at radius 1 is 1.57 bits per heavy atom. The van der Waals surface area contributed by atoms with Crippen molar-refractivity contribution in [3.05, 3.63) is 23.9 Å². The lowest BCUT2D eigenvalue weighted by molar-refractivity contribution is 0.397. The molecule has 0 amide bonds. The topological polar surface area (TPSA) is 34.1 Å². The molecule has 1 aliphatic heterocycles. The smallest absolute Gasteiger partial charge is 0.212 e. The summed E-state index contributed by atoms with van der Waals surface area (Å²) in [4.78, 5) is 4.20. The molecule has 1 aromatic heterocycles. The molecule has 1 saturated heterocycles. The quantitative estimate of drug-likeness (QED) is 0.807. The highest BCUT2D eigenvalue weighted by molar-refractivity contribution is 7.99. The van der Waals surface area contributed by atoms with E-state index in [2.05, 4.69) is 16.4 Å². The summed E-state index contributed by atoms with van der Waals surface area (Å²) in [5.74, 6) is 1.90. The maximum atomic E-state index is 5.02. The molecule has 76 valence electrons. The van der Waals surface area contributed by atoms with Gasteiger partial charge < -0.3 is 10.1 Å². The van der Waals surface area contributed by atoms with Crippen molar-refractivity contribution < 1.29 is 4.74 Å². The number of nitrogens with zero attached hydrogens (tertiary/aromatic N) is 1. The van der Waals surface area contributed by atoms with E-state index in [9.17, 15) is 0 Å². The second-order valence-corrected chi connectivity index (χ2v) is 4.41. The van der Waals surface area contributed by atoms with Gasteiger partial charge in [0.1, 0.15) is 0 Å². The van der Waals surface area contributed by atoms with Crippen molar-refractivity contribution in [2.45, 2.75) is 11.8 Å². The molecular formula is C10H14N2OS. The summed E-state index contributed by atoms with van der Waals surface area (Å²) < 4.78 is 5.02. The molecule has 1 N–H and O–H groups in total. The van der Waals surface area contributed by atoms with Gasteiger partial charge in [-0.25, -0.2) is 4.98 Å². The van der Waals surface area contributed by atoms with E-state index in [1.807, 2.05) is 24.0 Å². The van der Waals surface area contributed by atoms with E-state index in [-0.39, 0.29) is 0 Å². The lowest BCUT2D eigenvalue weighted by Gasteiger charge is -2.22. The summed E-state index contributed by atoms with van der Waals surface area (Å²) in [6.45, 7) is 1.10. The first-order valence-electron chi connectivity index (χ1n) is 4.75. The van der Waals surface area contributed by atoms with Crippen molar-refractivity contribution in [1.82, 2.24) is 10.3 Å². The first-order chi connectivity index (χ1) is 6.90. The number of rotatable bonds is 2. The van der Waals surface area contributed by atoms with Gasteiger partial charge in [-0.1, -0.05) is 0 Å². The minimum Gasteiger partial charge on any atom is -0.481 e. The van der Waals surface area contributed by atoms with Crippen LogP contribution in [0.3, 0.4) is 0 Å². The lowest BCUT2D eigenvalue weighted by atomic mass is 10.2. The van der Waals surface area contributed by atoms with E-state index >= 15 is 0 Å². The fourth-order valence-electron chi connectivity index (χ4n) is 1.45. The maximum absolute atomic E-state index is 5.02. The van der Waals surface area contributed by atoms with Crippen LogP contribution < -0.4 is 10.1 Å². The SMILES string of the molecule is COc1ccc(C2NCCCS2)cn1. The van der Waals surface area contributed by atoms with Crippen molar-refractivity contribution in [2.75, 3.05) is 19.4 Å². The van der Waals surface area contributed by atoms with Gasteiger partial charge in [0.05, 0.1) is 12.5 Å². The Kier molecular flexibility index (Phi) is 3.26. The van der Waals surface area contributed by atoms with E-state index in [1.165, 1.54) is 17.7 Å². The fraction of sp³-hybridized carbons (Fsp3) is 0.500. The van der Waals surface area contributed by atoms with Crippen LogP contribution >= 0.6 is 11.8 Å². The van der Waals surface area contributed by atoms with Crippen LogP contribution in [-0.4, -0.2) is 24.4 Å². The Balaban J connectivity index is 2.07. The van der Waals surface area contributed by atoms with Crippen molar-refractivity contribution in [1.29, 1.82) is 0 Å². The molecule has 14 heavy (non-hydrogen) atoms. The van der Waals surface area contributed by atoms with E-state index in [0.29, 0.717) is 11.3 Å². The summed E-state index contributed by atoms with van der Waals surface area (Å²) in [6.07, 6.45) is 3.14. The van der Waals surface area contributed by atoms with E-state index < -0.39 is 0 Å². The van der Waals surface area contributed by atoms with Gasteiger partial charge in [0.2, 0.25) is 5.88 Å². The second kappa shape index (κ2) is 4.66. The number of ether oxygens (including phenoxy) is 1. The van der Waals surface area contributed by atoms with E-state index in [1.54, 1.807) is 7.11 Å². The van der Waals surface area contributed by atoms with Crippen LogP contribution in [-0.2, 0) is 0 Å². The molecule has 1 atom stereocenters. The molecule has 0 aromatic carbocycles. The molecule has 3 nitrogen and oxygen atoms in total. The number of hydrogen-bond acceptors (Lipinski definition) is 4. The maximum Gasteiger partial charge on any atom is 0.212 e. The van der Waals surface area contributed by atoms with Gasteiger partial charge in [-0.3, -0.25) is 0 Å². The molecule has 0 spiro atoms. The highest BCUT2D eigenvalue weighted by Gasteiger charge is 2.15. The van der Waals surface area contributed by atoms with Gasteiger partial charge >= 0.3 is 0 Å². The second-order valence-electron chi connectivity index (χ2n) is 3.19. The van der Waals surface area contributed by atoms with Crippen LogP contribution in [0.25, 0.3) is 0 Å². The Bertz CT molecular complexity index is 283. The first kappa shape index (κ1) is 9.80. The van der Waals surface area contributed by atoms with Crippen molar-refractivity contribution >= 4 is 11.8 Å². The summed E-state index contributed by atoms with van der Waals surface area (Å²) >= 11 is 1.94. The van der Waals surface area contributed by atoms with Crippen LogP contribution in [0.2, 0.25) is 0 Å². The number of aromatic nitrogens is 1. The van der Waals surface area contributed by atoms with E-state index in [0.717, 1.165) is 6.54 Å². The molecule has 1 aromatic rings. The summed E-state index contributed by atoms with van der Waals surface area (Å²) in [5.41, 5.74) is 1.23. The van der Waals surface area contributed by atoms with Gasteiger partial charge in [0, 0.05) is 12.3 Å². The van der Waals surface area contributed by atoms with Gasteiger partial charge in [-0.2, -0.15) is 0 Å². The zero-order chi connectivity index (χ0) is 9.80. The average Bonchev–Trinajstić information content (AvgIpc) is 2.30. The van der Waals surface area contributed by atoms with Crippen LogP contribution in [0.15, 0.2) is 18.3 Å². The third-order valence-corrected chi connectivity index (χ3v) is 3.50. The predicted octanol–water partition coefficient (Wildman–Crippen LogP) is 1.82. The molecule has 0 bridgehead atoms. The molecule has 4 heteroatoms. The zero-order valence-corrected chi connectivity index (χ0v) is 9.01. The largest absolute Gasteiger partial charge is 0.481 e. The number of nitrogens with one attached hydrogen (secondary N) is 1. The van der Waals surface area contributed by atoms with Crippen LogP contribution in [0.4, 0.5) is 0 Å². The predicted molar refractivity (Wildman–Crippen MR) is 58.6 cm³/mol. The summed E-state index contributed by atoms with van der Waals surface area (Å²) in [5, 5.41) is 3.86. The summed E-state index contributed by atoms with van der Waals surface area (Å²) in [7, 11) is 1.63. The number of methoxy groups -OCH3 is 1. The number of hydrogen-bond donors (Lipinski definition) is 1. The Hall–Kier alpha value is -0.740. The van der Waals surface area contributed by atoms with Crippen LogP contribution in [0.1, 0.15) is 17.4 Å². The van der Waals surface area contributed by atoms with Gasteiger partial charge in [0.15, 0.2) is 0 Å². The zero-order valence-electron chi connectivity index (χ0n) is 8.19. The lowest BCUT2D eigenvalue weighted by Crippen LogP contribution is -2.25.